The Bertz CT molecular complexity index is 1600. The summed E-state index contributed by atoms with van der Waals surface area (Å²) in [5, 5.41) is 9.01. The molecule has 1 saturated heterocycles. The standard InChI is InChI=1S/C24H22FN7O/c1-31-7-9-32(10-8-31)18-11-15-19(13-4-5-17(25)21-16(13)12-28-30-21)20(26)24(33)29-23(15)22-14(18)3-2-6-27-22/h2-6,11-12H,7-10,26H2,1H3,(H,28,30)(H,29,33). The molecule has 5 aromatic rings. The molecule has 4 N–H and O–H groups in total. The third-order valence-electron chi connectivity index (χ3n) is 6.57. The van der Waals surface area contributed by atoms with E-state index in [-0.39, 0.29) is 11.2 Å². The minimum atomic E-state index is -0.413. The molecule has 0 bridgehead atoms. The number of rotatable bonds is 2. The smallest absolute Gasteiger partial charge is 0.272 e. The second kappa shape index (κ2) is 7.28. The van der Waals surface area contributed by atoms with Crippen molar-refractivity contribution in [2.24, 2.45) is 0 Å². The minimum Gasteiger partial charge on any atom is -0.394 e. The number of nitrogens with two attached hydrogens (primary N) is 1. The van der Waals surface area contributed by atoms with Crippen molar-refractivity contribution in [1.29, 1.82) is 0 Å². The lowest BCUT2D eigenvalue weighted by Crippen LogP contribution is -2.44. The maximum absolute atomic E-state index is 14.4. The molecule has 0 spiro atoms. The van der Waals surface area contributed by atoms with Gasteiger partial charge in [-0.3, -0.25) is 14.9 Å². The van der Waals surface area contributed by atoms with Gasteiger partial charge in [-0.15, -0.1) is 0 Å². The molecule has 4 heterocycles. The number of nitrogens with one attached hydrogen (secondary N) is 2. The normalized spacial score (nSPS) is 15.2. The molecule has 166 valence electrons. The molecule has 1 fully saturated rings. The predicted octanol–water partition coefficient (Wildman–Crippen LogP) is 3.09. The quantitative estimate of drug-likeness (QED) is 0.362. The Kier molecular flexibility index (Phi) is 4.34. The van der Waals surface area contributed by atoms with Gasteiger partial charge in [0.2, 0.25) is 0 Å². The average Bonchev–Trinajstić information content (AvgIpc) is 3.32. The molecular weight excluding hydrogens is 421 g/mol. The number of nitrogens with zero attached hydrogens (tertiary/aromatic N) is 4. The highest BCUT2D eigenvalue weighted by Gasteiger charge is 2.23. The number of halogens is 1. The highest BCUT2D eigenvalue weighted by molar-refractivity contribution is 6.17. The van der Waals surface area contributed by atoms with E-state index in [1.165, 1.54) is 6.07 Å². The van der Waals surface area contributed by atoms with Crippen LogP contribution in [0.4, 0.5) is 15.8 Å². The zero-order valence-corrected chi connectivity index (χ0v) is 18.0. The predicted molar refractivity (Wildman–Crippen MR) is 129 cm³/mol. The van der Waals surface area contributed by atoms with Crippen molar-refractivity contribution in [3.63, 3.8) is 0 Å². The van der Waals surface area contributed by atoms with E-state index in [0.29, 0.717) is 27.5 Å². The first-order valence-electron chi connectivity index (χ1n) is 10.8. The number of benzene rings is 2. The Balaban J connectivity index is 1.73. The van der Waals surface area contributed by atoms with Gasteiger partial charge in [0.1, 0.15) is 17.0 Å². The second-order valence-corrected chi connectivity index (χ2v) is 8.50. The Morgan fingerprint density at radius 3 is 2.70 bits per heavy atom. The lowest BCUT2D eigenvalue weighted by molar-refractivity contribution is 0.313. The lowest BCUT2D eigenvalue weighted by atomic mass is 9.95. The molecule has 6 rings (SSSR count). The molecule has 8 nitrogen and oxygen atoms in total. The molecule has 0 amide bonds. The molecule has 2 aromatic carbocycles. The fourth-order valence-electron chi connectivity index (χ4n) is 4.81. The van der Waals surface area contributed by atoms with Gasteiger partial charge in [0.05, 0.1) is 17.2 Å². The van der Waals surface area contributed by atoms with Crippen molar-refractivity contribution in [3.05, 3.63) is 58.9 Å². The number of anilines is 2. The SMILES string of the molecule is CN1CCN(c2cc3c(-c4ccc(F)c5[nH]ncc45)c(N)c(=O)[nH]c3c3ncccc23)CC1. The number of aromatic amines is 2. The summed E-state index contributed by atoms with van der Waals surface area (Å²) in [6.07, 6.45) is 3.27. The van der Waals surface area contributed by atoms with Crippen molar-refractivity contribution in [2.75, 3.05) is 43.9 Å². The van der Waals surface area contributed by atoms with Gasteiger partial charge in [-0.25, -0.2) is 4.39 Å². The average molecular weight is 443 g/mol. The van der Waals surface area contributed by atoms with Crippen molar-refractivity contribution >= 4 is 44.1 Å². The molecule has 9 heteroatoms. The Morgan fingerprint density at radius 1 is 1.06 bits per heavy atom. The van der Waals surface area contributed by atoms with Crippen LogP contribution in [-0.2, 0) is 0 Å². The molecule has 1 aliphatic heterocycles. The van der Waals surface area contributed by atoms with Crippen LogP contribution in [0, 0.1) is 5.82 Å². The zero-order valence-electron chi connectivity index (χ0n) is 18.0. The second-order valence-electron chi connectivity index (χ2n) is 8.50. The van der Waals surface area contributed by atoms with Crippen LogP contribution in [0.5, 0.6) is 0 Å². The van der Waals surface area contributed by atoms with Gasteiger partial charge in [0.15, 0.2) is 0 Å². The van der Waals surface area contributed by atoms with E-state index in [4.69, 9.17) is 5.73 Å². The van der Waals surface area contributed by atoms with Crippen molar-refractivity contribution in [2.45, 2.75) is 0 Å². The number of likely N-dealkylation sites (N-methyl/N-ethyl adjacent to an activating group) is 1. The van der Waals surface area contributed by atoms with Crippen molar-refractivity contribution in [3.8, 4) is 11.1 Å². The third kappa shape index (κ3) is 2.96. The van der Waals surface area contributed by atoms with Gasteiger partial charge in [-0.2, -0.15) is 5.10 Å². The molecule has 0 unspecified atom stereocenters. The van der Waals surface area contributed by atoms with Crippen molar-refractivity contribution in [1.82, 2.24) is 25.1 Å². The van der Waals surface area contributed by atoms with Gasteiger partial charge >= 0.3 is 0 Å². The van der Waals surface area contributed by atoms with Crippen LogP contribution in [0.15, 0.2) is 47.5 Å². The Hall–Kier alpha value is -3.98. The van der Waals surface area contributed by atoms with Crippen LogP contribution in [0.1, 0.15) is 0 Å². The van der Waals surface area contributed by atoms with Crippen LogP contribution in [0.2, 0.25) is 0 Å². The fraction of sp³-hybridized carbons (Fsp3) is 0.208. The summed E-state index contributed by atoms with van der Waals surface area (Å²) in [7, 11) is 2.12. The summed E-state index contributed by atoms with van der Waals surface area (Å²) in [5.74, 6) is -0.413. The Morgan fingerprint density at radius 2 is 1.88 bits per heavy atom. The van der Waals surface area contributed by atoms with E-state index < -0.39 is 11.4 Å². The van der Waals surface area contributed by atoms with Crippen LogP contribution in [-0.4, -0.2) is 58.3 Å². The number of piperazine rings is 1. The van der Waals surface area contributed by atoms with E-state index in [0.717, 1.165) is 42.6 Å². The maximum Gasteiger partial charge on any atom is 0.272 e. The highest BCUT2D eigenvalue weighted by Crippen LogP contribution is 2.40. The molecule has 0 radical (unpaired) electrons. The number of H-pyrrole nitrogens is 2. The lowest BCUT2D eigenvalue weighted by Gasteiger charge is -2.35. The number of hydrogen-bond donors (Lipinski definition) is 3. The number of nitrogen functional groups attached to an aromatic ring is 1. The summed E-state index contributed by atoms with van der Waals surface area (Å²) in [5.41, 5.74) is 9.87. The first-order valence-corrected chi connectivity index (χ1v) is 10.8. The zero-order chi connectivity index (χ0) is 22.7. The fourth-order valence-corrected chi connectivity index (χ4v) is 4.81. The van der Waals surface area contributed by atoms with E-state index in [9.17, 15) is 9.18 Å². The molecule has 3 aromatic heterocycles. The van der Waals surface area contributed by atoms with Gasteiger partial charge in [-0.1, -0.05) is 6.07 Å². The van der Waals surface area contributed by atoms with Gasteiger partial charge in [-0.05, 0) is 36.9 Å². The Labute approximate surface area is 187 Å². The van der Waals surface area contributed by atoms with Crippen LogP contribution >= 0.6 is 0 Å². The summed E-state index contributed by atoms with van der Waals surface area (Å²) in [6, 6.07) is 9.01. The first-order chi connectivity index (χ1) is 16.0. The number of aromatic nitrogens is 4. The molecule has 0 aliphatic carbocycles. The van der Waals surface area contributed by atoms with E-state index >= 15 is 0 Å². The number of hydrogen-bond acceptors (Lipinski definition) is 6. The summed E-state index contributed by atoms with van der Waals surface area (Å²) < 4.78 is 14.4. The van der Waals surface area contributed by atoms with Crippen LogP contribution in [0.3, 0.4) is 0 Å². The highest BCUT2D eigenvalue weighted by atomic mass is 19.1. The van der Waals surface area contributed by atoms with E-state index in [2.05, 4.69) is 43.1 Å². The first kappa shape index (κ1) is 19.7. The van der Waals surface area contributed by atoms with Crippen LogP contribution < -0.4 is 16.2 Å². The monoisotopic (exact) mass is 443 g/mol. The van der Waals surface area contributed by atoms with E-state index in [1.807, 2.05) is 12.1 Å². The summed E-state index contributed by atoms with van der Waals surface area (Å²) in [4.78, 5) is 25.1. The number of pyridine rings is 2. The third-order valence-corrected chi connectivity index (χ3v) is 6.57. The topological polar surface area (TPSA) is 107 Å². The summed E-state index contributed by atoms with van der Waals surface area (Å²) in [6.45, 7) is 3.66. The van der Waals surface area contributed by atoms with Crippen molar-refractivity contribution < 1.29 is 4.39 Å². The van der Waals surface area contributed by atoms with Gasteiger partial charge in [0, 0.05) is 59.8 Å². The molecule has 1 aliphatic rings. The summed E-state index contributed by atoms with van der Waals surface area (Å²) >= 11 is 0. The molecular formula is C24H22FN7O. The molecule has 33 heavy (non-hydrogen) atoms. The van der Waals surface area contributed by atoms with E-state index in [1.54, 1.807) is 18.5 Å². The maximum atomic E-state index is 14.4. The number of fused-ring (bicyclic) bond motifs is 4. The van der Waals surface area contributed by atoms with Gasteiger partial charge < -0.3 is 20.5 Å². The largest absolute Gasteiger partial charge is 0.394 e. The molecule has 0 atom stereocenters. The minimum absolute atomic E-state index is 0.0798. The van der Waals surface area contributed by atoms with Gasteiger partial charge in [0.25, 0.3) is 5.56 Å². The van der Waals surface area contributed by atoms with Crippen LogP contribution in [0.25, 0.3) is 43.8 Å². The molecule has 0 saturated carbocycles.